The summed E-state index contributed by atoms with van der Waals surface area (Å²) in [5.41, 5.74) is 0.911. The van der Waals surface area contributed by atoms with Crippen LogP contribution in [0.1, 0.15) is 15.9 Å². The number of fused-ring (bicyclic) bond motifs is 1. The van der Waals surface area contributed by atoms with E-state index in [0.717, 1.165) is 6.07 Å². The second-order valence-electron chi connectivity index (χ2n) is 4.44. The topological polar surface area (TPSA) is 35.5 Å². The van der Waals surface area contributed by atoms with Crippen molar-refractivity contribution in [3.63, 3.8) is 0 Å². The van der Waals surface area contributed by atoms with E-state index >= 15 is 0 Å². The molecule has 1 aliphatic rings. The normalized spacial score (nSPS) is 13.0. The zero-order chi connectivity index (χ0) is 14.1. The lowest BCUT2D eigenvalue weighted by Crippen LogP contribution is -1.98. The number of Topliss-reactive ketones (excluding diaryl/α,β-unsaturated/α-hetero) is 1. The average molecular weight is 276 g/mol. The number of carbonyl (C=O) groups is 1. The van der Waals surface area contributed by atoms with Gasteiger partial charge in [-0.15, -0.1) is 0 Å². The lowest BCUT2D eigenvalue weighted by Gasteiger charge is -2.08. The second-order valence-corrected chi connectivity index (χ2v) is 4.44. The van der Waals surface area contributed by atoms with Crippen LogP contribution < -0.4 is 9.47 Å². The Kier molecular flexibility index (Phi) is 3.10. The third-order valence-corrected chi connectivity index (χ3v) is 2.94. The number of rotatable bonds is 3. The highest BCUT2D eigenvalue weighted by molar-refractivity contribution is 6.02. The molecule has 0 atom stereocenters. The van der Waals surface area contributed by atoms with Crippen molar-refractivity contribution < 1.29 is 23.0 Å². The van der Waals surface area contributed by atoms with Gasteiger partial charge in [-0.2, -0.15) is 0 Å². The fraction of sp³-hybridized carbons (Fsp3) is 0.133. The fourth-order valence-corrected chi connectivity index (χ4v) is 2.02. The van der Waals surface area contributed by atoms with Crippen molar-refractivity contribution in [1.82, 2.24) is 0 Å². The molecule has 0 aromatic heterocycles. The van der Waals surface area contributed by atoms with E-state index in [2.05, 4.69) is 0 Å². The van der Waals surface area contributed by atoms with Gasteiger partial charge in [0, 0.05) is 12.1 Å². The third kappa shape index (κ3) is 2.47. The van der Waals surface area contributed by atoms with Gasteiger partial charge in [0.05, 0.1) is 5.56 Å². The molecule has 0 bridgehead atoms. The van der Waals surface area contributed by atoms with Crippen LogP contribution in [0, 0.1) is 11.6 Å². The summed E-state index contributed by atoms with van der Waals surface area (Å²) in [6.45, 7) is 0.0648. The maximum absolute atomic E-state index is 13.0. The van der Waals surface area contributed by atoms with Gasteiger partial charge >= 0.3 is 0 Å². The lowest BCUT2D eigenvalue weighted by molar-refractivity contribution is 0.0961. The number of carbonyl (C=O) groups excluding carboxylic acids is 1. The van der Waals surface area contributed by atoms with Crippen molar-refractivity contribution in [2.45, 2.75) is 6.61 Å². The van der Waals surface area contributed by atoms with Gasteiger partial charge in [-0.05, 0) is 29.8 Å². The predicted octanol–water partition coefficient (Wildman–Crippen LogP) is 3.12. The largest absolute Gasteiger partial charge is 0.489 e. The van der Waals surface area contributed by atoms with Crippen molar-refractivity contribution in [1.29, 1.82) is 0 Å². The molecule has 0 spiro atoms. The summed E-state index contributed by atoms with van der Waals surface area (Å²) in [5, 5.41) is 0. The molecule has 3 nitrogen and oxygen atoms in total. The monoisotopic (exact) mass is 276 g/mol. The van der Waals surface area contributed by atoms with E-state index in [9.17, 15) is 13.6 Å². The Hall–Kier alpha value is -2.43. The van der Waals surface area contributed by atoms with Gasteiger partial charge in [0.1, 0.15) is 29.7 Å². The molecule has 0 saturated carbocycles. The standard InChI is InChI=1S/C15H10F2O3/c16-10-3-9(4-11(17)5-10)7-19-12-1-2-13-14(18)8-20-15(13)6-12/h1-6H,7-8H2. The summed E-state index contributed by atoms with van der Waals surface area (Å²) >= 11 is 0. The number of hydrogen-bond donors (Lipinski definition) is 0. The highest BCUT2D eigenvalue weighted by Gasteiger charge is 2.21. The fourth-order valence-electron chi connectivity index (χ4n) is 2.02. The summed E-state index contributed by atoms with van der Waals surface area (Å²) in [7, 11) is 0. The molecule has 0 N–H and O–H groups in total. The first-order valence-corrected chi connectivity index (χ1v) is 5.99. The Labute approximate surface area is 113 Å². The van der Waals surface area contributed by atoms with Gasteiger partial charge in [-0.3, -0.25) is 4.79 Å². The molecule has 1 aliphatic heterocycles. The molecule has 20 heavy (non-hydrogen) atoms. The van der Waals surface area contributed by atoms with Crippen LogP contribution in [0.3, 0.4) is 0 Å². The Morgan fingerprint density at radius 3 is 2.60 bits per heavy atom. The van der Waals surface area contributed by atoms with Crippen LogP contribution in [0.4, 0.5) is 8.78 Å². The zero-order valence-corrected chi connectivity index (χ0v) is 10.4. The SMILES string of the molecule is O=C1COc2cc(OCc3cc(F)cc(F)c3)ccc21. The number of ether oxygens (including phenoxy) is 2. The van der Waals surface area contributed by atoms with Crippen molar-refractivity contribution in [2.24, 2.45) is 0 Å². The van der Waals surface area contributed by atoms with Crippen LogP contribution in [0.25, 0.3) is 0 Å². The van der Waals surface area contributed by atoms with E-state index in [4.69, 9.17) is 9.47 Å². The van der Waals surface area contributed by atoms with Gasteiger partial charge in [0.25, 0.3) is 0 Å². The number of ketones is 1. The molecular formula is C15H10F2O3. The maximum Gasteiger partial charge on any atom is 0.203 e. The molecule has 3 rings (SSSR count). The van der Waals surface area contributed by atoms with Gasteiger partial charge < -0.3 is 9.47 Å². The number of hydrogen-bond acceptors (Lipinski definition) is 3. The van der Waals surface area contributed by atoms with E-state index in [-0.39, 0.29) is 19.0 Å². The average Bonchev–Trinajstić information content (AvgIpc) is 2.77. The molecule has 0 radical (unpaired) electrons. The van der Waals surface area contributed by atoms with Crippen molar-refractivity contribution in [3.8, 4) is 11.5 Å². The van der Waals surface area contributed by atoms with Gasteiger partial charge in [0.2, 0.25) is 5.78 Å². The Balaban J connectivity index is 1.74. The molecule has 0 unspecified atom stereocenters. The summed E-state index contributed by atoms with van der Waals surface area (Å²) in [6, 6.07) is 8.05. The third-order valence-electron chi connectivity index (χ3n) is 2.94. The molecule has 2 aromatic carbocycles. The highest BCUT2D eigenvalue weighted by Crippen LogP contribution is 2.29. The first-order valence-electron chi connectivity index (χ1n) is 5.99. The van der Waals surface area contributed by atoms with Gasteiger partial charge in [-0.1, -0.05) is 0 Å². The quantitative estimate of drug-likeness (QED) is 0.864. The van der Waals surface area contributed by atoms with E-state index in [0.29, 0.717) is 22.6 Å². The summed E-state index contributed by atoms with van der Waals surface area (Å²) in [4.78, 5) is 11.4. The Morgan fingerprint density at radius 1 is 1.10 bits per heavy atom. The second kappa shape index (κ2) is 4.92. The van der Waals surface area contributed by atoms with E-state index < -0.39 is 11.6 Å². The molecule has 5 heteroatoms. The van der Waals surface area contributed by atoms with Crippen LogP contribution in [-0.2, 0) is 6.61 Å². The minimum atomic E-state index is -0.647. The van der Waals surface area contributed by atoms with Crippen LogP contribution in [-0.4, -0.2) is 12.4 Å². The smallest absolute Gasteiger partial charge is 0.203 e. The summed E-state index contributed by atoms with van der Waals surface area (Å²) in [5.74, 6) is -0.419. The predicted molar refractivity (Wildman–Crippen MR) is 67.0 cm³/mol. The first kappa shape index (κ1) is 12.6. The van der Waals surface area contributed by atoms with Crippen molar-refractivity contribution >= 4 is 5.78 Å². The van der Waals surface area contributed by atoms with E-state index in [1.807, 2.05) is 0 Å². The van der Waals surface area contributed by atoms with Crippen LogP contribution >= 0.6 is 0 Å². The van der Waals surface area contributed by atoms with Crippen molar-refractivity contribution in [2.75, 3.05) is 6.61 Å². The Morgan fingerprint density at radius 2 is 1.85 bits per heavy atom. The van der Waals surface area contributed by atoms with E-state index in [1.54, 1.807) is 18.2 Å². The number of halogens is 2. The molecule has 102 valence electrons. The summed E-state index contributed by atoms with van der Waals surface area (Å²) in [6.07, 6.45) is 0. The highest BCUT2D eigenvalue weighted by atomic mass is 19.1. The number of benzene rings is 2. The minimum Gasteiger partial charge on any atom is -0.489 e. The molecule has 2 aromatic rings. The van der Waals surface area contributed by atoms with Crippen molar-refractivity contribution in [3.05, 3.63) is 59.2 Å². The van der Waals surface area contributed by atoms with Crippen LogP contribution in [0.2, 0.25) is 0 Å². The first-order chi connectivity index (χ1) is 9.61. The maximum atomic E-state index is 13.0. The van der Waals surface area contributed by atoms with Crippen LogP contribution in [0.15, 0.2) is 36.4 Å². The molecular weight excluding hydrogens is 266 g/mol. The molecule has 0 fully saturated rings. The zero-order valence-electron chi connectivity index (χ0n) is 10.4. The van der Waals surface area contributed by atoms with Gasteiger partial charge in [0.15, 0.2) is 6.61 Å². The lowest BCUT2D eigenvalue weighted by atomic mass is 10.1. The van der Waals surface area contributed by atoms with Gasteiger partial charge in [-0.25, -0.2) is 8.78 Å². The molecule has 0 amide bonds. The Bertz CT molecular complexity index is 663. The molecule has 1 heterocycles. The minimum absolute atomic E-state index is 0.0292. The molecule has 0 saturated heterocycles. The molecule has 0 aliphatic carbocycles. The van der Waals surface area contributed by atoms with E-state index in [1.165, 1.54) is 12.1 Å². The van der Waals surface area contributed by atoms with Crippen LogP contribution in [0.5, 0.6) is 11.5 Å². The summed E-state index contributed by atoms with van der Waals surface area (Å²) < 4.78 is 36.7.